The van der Waals surface area contributed by atoms with Gasteiger partial charge in [0.25, 0.3) is 0 Å². The number of carbonyl (C=O) groups excluding carboxylic acids is 1. The topological polar surface area (TPSA) is 26.3 Å². The number of ether oxygens (including phenoxy) is 1. The van der Waals surface area contributed by atoms with E-state index in [4.69, 9.17) is 27.9 Å². The fourth-order valence-corrected chi connectivity index (χ4v) is 2.57. The molecule has 1 aromatic rings. The number of esters is 1. The third-order valence-electron chi connectivity index (χ3n) is 3.52. The zero-order valence-corrected chi connectivity index (χ0v) is 15.3. The van der Waals surface area contributed by atoms with Gasteiger partial charge in [-0.3, -0.25) is 0 Å². The van der Waals surface area contributed by atoms with Crippen molar-refractivity contribution in [3.8, 4) is 0 Å². The maximum absolute atomic E-state index is 11.7. The Morgan fingerprint density at radius 2 is 2.09 bits per heavy atom. The molecule has 0 aliphatic heterocycles. The summed E-state index contributed by atoms with van der Waals surface area (Å²) >= 11 is 11.9. The van der Waals surface area contributed by atoms with Crippen molar-refractivity contribution in [2.75, 3.05) is 6.61 Å². The molecule has 126 valence electrons. The Morgan fingerprint density at radius 1 is 1.35 bits per heavy atom. The van der Waals surface area contributed by atoms with Crippen LogP contribution in [0.1, 0.15) is 45.1 Å². The highest BCUT2D eigenvalue weighted by Crippen LogP contribution is 2.22. The highest BCUT2D eigenvalue weighted by Gasteiger charge is 2.05. The van der Waals surface area contributed by atoms with Crippen molar-refractivity contribution >= 4 is 35.2 Å². The SMILES string of the molecule is C=C(C)CCCC(C)CCOC(=O)/C=C/c1ccc(Cl)cc1Cl. The molecule has 4 heteroatoms. The Kier molecular flexibility index (Phi) is 9.05. The van der Waals surface area contributed by atoms with Crippen LogP contribution in [0, 0.1) is 5.92 Å². The van der Waals surface area contributed by atoms with Crippen LogP contribution in [0.3, 0.4) is 0 Å². The van der Waals surface area contributed by atoms with E-state index in [2.05, 4.69) is 13.5 Å². The number of hydrogen-bond acceptors (Lipinski definition) is 2. The first-order chi connectivity index (χ1) is 10.9. The standard InChI is InChI=1S/C19H24Cl2O2/c1-14(2)5-4-6-15(3)11-12-23-19(22)10-8-16-7-9-17(20)13-18(16)21/h7-10,13,15H,1,4-6,11-12H2,2-3H3/b10-8+. The van der Waals surface area contributed by atoms with E-state index in [-0.39, 0.29) is 5.97 Å². The van der Waals surface area contributed by atoms with E-state index in [1.165, 1.54) is 11.6 Å². The zero-order chi connectivity index (χ0) is 17.2. The van der Waals surface area contributed by atoms with Crippen LogP contribution < -0.4 is 0 Å². The number of benzene rings is 1. The quantitative estimate of drug-likeness (QED) is 0.294. The second kappa shape index (κ2) is 10.5. The van der Waals surface area contributed by atoms with Gasteiger partial charge in [0, 0.05) is 16.1 Å². The smallest absolute Gasteiger partial charge is 0.330 e. The van der Waals surface area contributed by atoms with Crippen molar-refractivity contribution < 1.29 is 9.53 Å². The first-order valence-corrected chi connectivity index (χ1v) is 8.58. The Morgan fingerprint density at radius 3 is 2.74 bits per heavy atom. The molecule has 1 aromatic carbocycles. The predicted molar refractivity (Wildman–Crippen MR) is 98.9 cm³/mol. The van der Waals surface area contributed by atoms with Crippen LogP contribution in [0.25, 0.3) is 6.08 Å². The summed E-state index contributed by atoms with van der Waals surface area (Å²) < 4.78 is 5.21. The van der Waals surface area contributed by atoms with E-state index < -0.39 is 0 Å². The monoisotopic (exact) mass is 354 g/mol. The number of allylic oxidation sites excluding steroid dienone is 1. The molecule has 0 amide bonds. The molecular formula is C19H24Cl2O2. The third kappa shape index (κ3) is 8.83. The zero-order valence-electron chi connectivity index (χ0n) is 13.8. The summed E-state index contributed by atoms with van der Waals surface area (Å²) in [6.07, 6.45) is 7.23. The van der Waals surface area contributed by atoms with Crippen LogP contribution in [-0.4, -0.2) is 12.6 Å². The summed E-state index contributed by atoms with van der Waals surface area (Å²) in [4.78, 5) is 11.7. The number of hydrogen-bond donors (Lipinski definition) is 0. The maximum Gasteiger partial charge on any atom is 0.330 e. The van der Waals surface area contributed by atoms with Gasteiger partial charge in [-0.1, -0.05) is 48.2 Å². The molecule has 1 rings (SSSR count). The van der Waals surface area contributed by atoms with Crippen LogP contribution in [0.2, 0.25) is 10.0 Å². The lowest BCUT2D eigenvalue weighted by atomic mass is 9.99. The Hall–Kier alpha value is -1.25. The summed E-state index contributed by atoms with van der Waals surface area (Å²) in [5, 5.41) is 1.07. The van der Waals surface area contributed by atoms with Crippen LogP contribution in [0.4, 0.5) is 0 Å². The molecule has 0 saturated carbocycles. The van der Waals surface area contributed by atoms with Gasteiger partial charge < -0.3 is 4.74 Å². The highest BCUT2D eigenvalue weighted by atomic mass is 35.5. The minimum Gasteiger partial charge on any atom is -0.463 e. The van der Waals surface area contributed by atoms with Gasteiger partial charge in [-0.2, -0.15) is 0 Å². The normalized spacial score (nSPS) is 12.3. The van der Waals surface area contributed by atoms with E-state index in [1.54, 1.807) is 24.3 Å². The van der Waals surface area contributed by atoms with Crippen molar-refractivity contribution in [3.63, 3.8) is 0 Å². The lowest BCUT2D eigenvalue weighted by Crippen LogP contribution is -2.06. The fraction of sp³-hybridized carbons (Fsp3) is 0.421. The second-order valence-corrected chi connectivity index (χ2v) is 6.75. The van der Waals surface area contributed by atoms with E-state index >= 15 is 0 Å². The highest BCUT2D eigenvalue weighted by molar-refractivity contribution is 6.35. The van der Waals surface area contributed by atoms with Crippen LogP contribution >= 0.6 is 23.2 Å². The molecular weight excluding hydrogens is 331 g/mol. The van der Waals surface area contributed by atoms with Gasteiger partial charge >= 0.3 is 5.97 Å². The molecule has 0 aliphatic rings. The molecule has 0 radical (unpaired) electrons. The summed E-state index contributed by atoms with van der Waals surface area (Å²) in [6, 6.07) is 5.13. The van der Waals surface area contributed by atoms with E-state index in [0.717, 1.165) is 31.2 Å². The van der Waals surface area contributed by atoms with E-state index in [0.29, 0.717) is 22.6 Å². The van der Waals surface area contributed by atoms with Gasteiger partial charge in [0.1, 0.15) is 0 Å². The van der Waals surface area contributed by atoms with Crippen molar-refractivity contribution in [1.82, 2.24) is 0 Å². The predicted octanol–water partition coefficient (Wildman–Crippen LogP) is 6.32. The number of halogens is 2. The molecule has 0 aromatic heterocycles. The fourth-order valence-electron chi connectivity index (χ4n) is 2.10. The lowest BCUT2D eigenvalue weighted by Gasteiger charge is -2.10. The van der Waals surface area contributed by atoms with Gasteiger partial charge in [-0.15, -0.1) is 6.58 Å². The van der Waals surface area contributed by atoms with Crippen molar-refractivity contribution in [1.29, 1.82) is 0 Å². The molecule has 0 saturated heterocycles. The first kappa shape index (κ1) is 19.8. The van der Waals surface area contributed by atoms with Crippen LogP contribution in [-0.2, 0) is 9.53 Å². The van der Waals surface area contributed by atoms with E-state index in [1.807, 2.05) is 6.92 Å². The van der Waals surface area contributed by atoms with Gasteiger partial charge in [-0.05, 0) is 55.9 Å². The number of carbonyl (C=O) groups is 1. The summed E-state index contributed by atoms with van der Waals surface area (Å²) in [7, 11) is 0. The minimum atomic E-state index is -0.356. The van der Waals surface area contributed by atoms with Crippen molar-refractivity contribution in [2.45, 2.75) is 39.5 Å². The second-order valence-electron chi connectivity index (χ2n) is 5.91. The van der Waals surface area contributed by atoms with Gasteiger partial charge in [0.05, 0.1) is 6.61 Å². The molecule has 2 nitrogen and oxygen atoms in total. The molecule has 0 N–H and O–H groups in total. The summed E-state index contributed by atoms with van der Waals surface area (Å²) in [5.74, 6) is 0.182. The average Bonchev–Trinajstić information content (AvgIpc) is 2.46. The molecule has 0 heterocycles. The van der Waals surface area contributed by atoms with Crippen molar-refractivity contribution in [3.05, 3.63) is 52.0 Å². The largest absolute Gasteiger partial charge is 0.463 e. The van der Waals surface area contributed by atoms with Crippen LogP contribution in [0.15, 0.2) is 36.4 Å². The Labute approximate surface area is 149 Å². The molecule has 0 spiro atoms. The van der Waals surface area contributed by atoms with Crippen molar-refractivity contribution in [2.24, 2.45) is 5.92 Å². The maximum atomic E-state index is 11.7. The molecule has 1 atom stereocenters. The van der Waals surface area contributed by atoms with Crippen LogP contribution in [0.5, 0.6) is 0 Å². The molecule has 0 fully saturated rings. The van der Waals surface area contributed by atoms with Gasteiger partial charge in [0.15, 0.2) is 0 Å². The Bertz CT molecular complexity index is 564. The first-order valence-electron chi connectivity index (χ1n) is 7.82. The van der Waals surface area contributed by atoms with E-state index in [9.17, 15) is 4.79 Å². The minimum absolute atomic E-state index is 0.356. The average molecular weight is 355 g/mol. The number of rotatable bonds is 9. The molecule has 0 aliphatic carbocycles. The third-order valence-corrected chi connectivity index (χ3v) is 4.08. The summed E-state index contributed by atoms with van der Waals surface area (Å²) in [6.45, 7) is 8.56. The molecule has 23 heavy (non-hydrogen) atoms. The molecule has 0 bridgehead atoms. The lowest BCUT2D eigenvalue weighted by molar-refractivity contribution is -0.138. The summed E-state index contributed by atoms with van der Waals surface area (Å²) in [5.41, 5.74) is 1.95. The Balaban J connectivity index is 2.28. The van der Waals surface area contributed by atoms with Gasteiger partial charge in [-0.25, -0.2) is 4.79 Å². The molecule has 1 unspecified atom stereocenters. The van der Waals surface area contributed by atoms with Gasteiger partial charge in [0.2, 0.25) is 0 Å².